The minimum absolute atomic E-state index is 0.593. The zero-order valence-electron chi connectivity index (χ0n) is 11.9. The van der Waals surface area contributed by atoms with E-state index in [-0.39, 0.29) is 0 Å². The number of aromatic nitrogens is 5. The predicted octanol–water partition coefficient (Wildman–Crippen LogP) is 2.31. The maximum atomic E-state index is 5.61. The summed E-state index contributed by atoms with van der Waals surface area (Å²) >= 11 is 1.56. The SMILES string of the molecule is Cc1cc(C)n2nc(SCCOc3ccncc3)nc2n1. The fraction of sp³-hybridized carbons (Fsp3) is 0.286. The van der Waals surface area contributed by atoms with E-state index >= 15 is 0 Å². The molecule has 6 nitrogen and oxygen atoms in total. The van der Waals surface area contributed by atoms with Gasteiger partial charge < -0.3 is 4.74 Å². The molecule has 0 radical (unpaired) electrons. The number of aryl methyl sites for hydroxylation is 2. The van der Waals surface area contributed by atoms with Crippen LogP contribution in [0.1, 0.15) is 11.4 Å². The number of pyridine rings is 1. The average molecular weight is 301 g/mol. The van der Waals surface area contributed by atoms with Crippen molar-refractivity contribution in [3.8, 4) is 5.75 Å². The molecule has 3 rings (SSSR count). The Balaban J connectivity index is 1.59. The number of hydrogen-bond donors (Lipinski definition) is 0. The lowest BCUT2D eigenvalue weighted by Crippen LogP contribution is -2.00. The molecule has 3 aromatic rings. The first-order chi connectivity index (χ1) is 10.2. The standard InChI is InChI=1S/C14H15N5OS/c1-10-9-11(2)19-13(16-10)17-14(18-19)21-8-7-20-12-3-5-15-6-4-12/h3-6,9H,7-8H2,1-2H3. The largest absolute Gasteiger partial charge is 0.493 e. The molecule has 0 aliphatic heterocycles. The first kappa shape index (κ1) is 13.8. The van der Waals surface area contributed by atoms with Gasteiger partial charge in [0.05, 0.1) is 6.61 Å². The molecule has 3 aromatic heterocycles. The summed E-state index contributed by atoms with van der Waals surface area (Å²) in [5.74, 6) is 2.24. The smallest absolute Gasteiger partial charge is 0.253 e. The Labute approximate surface area is 126 Å². The molecular weight excluding hydrogens is 286 g/mol. The van der Waals surface area contributed by atoms with Gasteiger partial charge in [0.25, 0.3) is 5.78 Å². The molecule has 108 valence electrons. The van der Waals surface area contributed by atoms with E-state index in [9.17, 15) is 0 Å². The molecule has 21 heavy (non-hydrogen) atoms. The third kappa shape index (κ3) is 3.30. The highest BCUT2D eigenvalue weighted by molar-refractivity contribution is 7.99. The second-order valence-corrected chi connectivity index (χ2v) is 5.59. The van der Waals surface area contributed by atoms with E-state index in [1.807, 2.05) is 32.0 Å². The lowest BCUT2D eigenvalue weighted by molar-refractivity contribution is 0.343. The Bertz CT molecular complexity index is 744. The minimum Gasteiger partial charge on any atom is -0.493 e. The van der Waals surface area contributed by atoms with Crippen LogP contribution in [0.3, 0.4) is 0 Å². The molecular formula is C14H15N5OS. The van der Waals surface area contributed by atoms with Crippen LogP contribution in [0.25, 0.3) is 5.78 Å². The summed E-state index contributed by atoms with van der Waals surface area (Å²) in [5.41, 5.74) is 1.98. The van der Waals surface area contributed by atoms with Crippen molar-refractivity contribution in [1.82, 2.24) is 24.6 Å². The van der Waals surface area contributed by atoms with Gasteiger partial charge in [0, 0.05) is 29.5 Å². The summed E-state index contributed by atoms with van der Waals surface area (Å²) in [5, 5.41) is 5.16. The number of ether oxygens (including phenoxy) is 1. The summed E-state index contributed by atoms with van der Waals surface area (Å²) in [4.78, 5) is 12.7. The molecule has 0 amide bonds. The lowest BCUT2D eigenvalue weighted by atomic mass is 10.4. The number of nitrogens with zero attached hydrogens (tertiary/aromatic N) is 5. The van der Waals surface area contributed by atoms with E-state index in [0.717, 1.165) is 28.0 Å². The summed E-state index contributed by atoms with van der Waals surface area (Å²) in [6.45, 7) is 4.55. The van der Waals surface area contributed by atoms with E-state index in [4.69, 9.17) is 4.74 Å². The van der Waals surface area contributed by atoms with Crippen molar-refractivity contribution >= 4 is 17.5 Å². The van der Waals surface area contributed by atoms with Crippen molar-refractivity contribution in [2.75, 3.05) is 12.4 Å². The molecule has 3 heterocycles. The number of hydrogen-bond acceptors (Lipinski definition) is 6. The van der Waals surface area contributed by atoms with Crippen LogP contribution in [0, 0.1) is 13.8 Å². The molecule has 0 spiro atoms. The maximum Gasteiger partial charge on any atom is 0.253 e. The molecule has 0 N–H and O–H groups in total. The monoisotopic (exact) mass is 301 g/mol. The van der Waals surface area contributed by atoms with Crippen LogP contribution in [0.4, 0.5) is 0 Å². The summed E-state index contributed by atoms with van der Waals surface area (Å²) in [6, 6.07) is 5.66. The fourth-order valence-electron chi connectivity index (χ4n) is 1.94. The topological polar surface area (TPSA) is 65.2 Å². The van der Waals surface area contributed by atoms with E-state index in [2.05, 4.69) is 20.1 Å². The summed E-state index contributed by atoms with van der Waals surface area (Å²) in [6.07, 6.45) is 3.42. The second-order valence-electron chi connectivity index (χ2n) is 4.52. The summed E-state index contributed by atoms with van der Waals surface area (Å²) < 4.78 is 7.37. The Hall–Kier alpha value is -2.15. The van der Waals surface area contributed by atoms with Gasteiger partial charge in [0.1, 0.15) is 5.75 Å². The molecule has 0 aliphatic carbocycles. The summed E-state index contributed by atoms with van der Waals surface area (Å²) in [7, 11) is 0. The third-order valence-electron chi connectivity index (χ3n) is 2.83. The molecule has 0 fully saturated rings. The van der Waals surface area contributed by atoms with Gasteiger partial charge in [-0.25, -0.2) is 9.50 Å². The highest BCUT2D eigenvalue weighted by atomic mass is 32.2. The second kappa shape index (κ2) is 6.09. The van der Waals surface area contributed by atoms with Gasteiger partial charge in [0.15, 0.2) is 0 Å². The minimum atomic E-state index is 0.593. The Kier molecular flexibility index (Phi) is 4.01. The van der Waals surface area contributed by atoms with Crippen molar-refractivity contribution in [1.29, 1.82) is 0 Å². The van der Waals surface area contributed by atoms with Crippen LogP contribution in [-0.4, -0.2) is 36.9 Å². The van der Waals surface area contributed by atoms with Gasteiger partial charge in [-0.3, -0.25) is 4.98 Å². The highest BCUT2D eigenvalue weighted by Gasteiger charge is 2.08. The molecule has 7 heteroatoms. The molecule has 0 bridgehead atoms. The van der Waals surface area contributed by atoms with E-state index in [1.54, 1.807) is 28.7 Å². The first-order valence-corrected chi connectivity index (χ1v) is 7.57. The zero-order valence-corrected chi connectivity index (χ0v) is 12.7. The number of thioether (sulfide) groups is 1. The van der Waals surface area contributed by atoms with Gasteiger partial charge >= 0.3 is 0 Å². The third-order valence-corrected chi connectivity index (χ3v) is 3.63. The van der Waals surface area contributed by atoms with Crippen LogP contribution < -0.4 is 4.74 Å². The highest BCUT2D eigenvalue weighted by Crippen LogP contribution is 2.16. The quantitative estimate of drug-likeness (QED) is 0.532. The molecule has 0 saturated heterocycles. The van der Waals surface area contributed by atoms with Crippen LogP contribution in [0.5, 0.6) is 5.75 Å². The van der Waals surface area contributed by atoms with Crippen LogP contribution >= 0.6 is 11.8 Å². The molecule has 0 saturated carbocycles. The molecule has 0 unspecified atom stereocenters. The van der Waals surface area contributed by atoms with Gasteiger partial charge in [-0.05, 0) is 32.0 Å². The van der Waals surface area contributed by atoms with Crippen LogP contribution in [0.15, 0.2) is 35.7 Å². The Morgan fingerprint density at radius 2 is 2.00 bits per heavy atom. The maximum absolute atomic E-state index is 5.61. The Morgan fingerprint density at radius 1 is 1.19 bits per heavy atom. The predicted molar refractivity (Wildman–Crippen MR) is 80.7 cm³/mol. The fourth-order valence-corrected chi connectivity index (χ4v) is 2.57. The van der Waals surface area contributed by atoms with E-state index < -0.39 is 0 Å². The van der Waals surface area contributed by atoms with Crippen molar-refractivity contribution in [2.24, 2.45) is 0 Å². The normalized spacial score (nSPS) is 11.0. The van der Waals surface area contributed by atoms with E-state index in [0.29, 0.717) is 12.4 Å². The van der Waals surface area contributed by atoms with Crippen molar-refractivity contribution in [3.63, 3.8) is 0 Å². The van der Waals surface area contributed by atoms with Crippen LogP contribution in [-0.2, 0) is 0 Å². The van der Waals surface area contributed by atoms with Crippen molar-refractivity contribution in [2.45, 2.75) is 19.0 Å². The first-order valence-electron chi connectivity index (χ1n) is 6.59. The molecule has 0 atom stereocenters. The molecule has 0 aromatic carbocycles. The van der Waals surface area contributed by atoms with E-state index in [1.165, 1.54) is 0 Å². The van der Waals surface area contributed by atoms with Gasteiger partial charge in [-0.2, -0.15) is 4.98 Å². The van der Waals surface area contributed by atoms with Gasteiger partial charge in [0.2, 0.25) is 5.16 Å². The van der Waals surface area contributed by atoms with Gasteiger partial charge in [-0.15, -0.1) is 5.10 Å². The average Bonchev–Trinajstić information content (AvgIpc) is 2.88. The van der Waals surface area contributed by atoms with Crippen LogP contribution in [0.2, 0.25) is 0 Å². The number of fused-ring (bicyclic) bond motifs is 1. The van der Waals surface area contributed by atoms with Crippen molar-refractivity contribution < 1.29 is 4.74 Å². The van der Waals surface area contributed by atoms with Crippen molar-refractivity contribution in [3.05, 3.63) is 42.0 Å². The Morgan fingerprint density at radius 3 is 2.81 bits per heavy atom. The molecule has 0 aliphatic rings. The number of rotatable bonds is 5. The van der Waals surface area contributed by atoms with Gasteiger partial charge in [-0.1, -0.05) is 11.8 Å². The zero-order chi connectivity index (χ0) is 14.7. The lowest BCUT2D eigenvalue weighted by Gasteiger charge is -2.03.